The Bertz CT molecular complexity index is 1070. The molecule has 2 aromatic carbocycles. The van der Waals surface area contributed by atoms with Crippen LogP contribution in [0.15, 0.2) is 90.3 Å². The van der Waals surface area contributed by atoms with Crippen LogP contribution in [0.25, 0.3) is 5.70 Å². The molecule has 1 N–H and O–H groups in total. The molecular weight excluding hydrogens is 388 g/mol. The van der Waals surface area contributed by atoms with E-state index in [1.807, 2.05) is 59.8 Å². The molecule has 156 valence electrons. The van der Waals surface area contributed by atoms with E-state index in [0.717, 1.165) is 41.4 Å². The minimum Gasteiger partial charge on any atom is -0.457 e. The number of carbonyl (C=O) groups is 1. The minimum atomic E-state index is -0.00124. The number of amides is 1. The van der Waals surface area contributed by atoms with Gasteiger partial charge in [0, 0.05) is 37.0 Å². The second-order valence-corrected chi connectivity index (χ2v) is 7.81. The fourth-order valence-electron chi connectivity index (χ4n) is 4.36. The van der Waals surface area contributed by atoms with E-state index in [0.29, 0.717) is 12.5 Å². The number of allylic oxidation sites excluding steroid dienone is 1. The summed E-state index contributed by atoms with van der Waals surface area (Å²) in [7, 11) is 0. The van der Waals surface area contributed by atoms with Crippen molar-refractivity contribution in [1.29, 1.82) is 0 Å². The van der Waals surface area contributed by atoms with Crippen molar-refractivity contribution in [1.82, 2.24) is 15.1 Å². The zero-order chi connectivity index (χ0) is 21.2. The topological polar surface area (TPSA) is 57.2 Å². The van der Waals surface area contributed by atoms with E-state index in [4.69, 9.17) is 4.74 Å². The molecule has 1 saturated heterocycles. The van der Waals surface area contributed by atoms with E-state index in [9.17, 15) is 4.79 Å². The monoisotopic (exact) mass is 412 g/mol. The highest BCUT2D eigenvalue weighted by atomic mass is 16.5. The van der Waals surface area contributed by atoms with E-state index >= 15 is 0 Å². The molecule has 3 heterocycles. The predicted octanol–water partition coefficient (Wildman–Crippen LogP) is 3.97. The molecule has 0 aliphatic carbocycles. The van der Waals surface area contributed by atoms with Gasteiger partial charge < -0.3 is 19.9 Å². The van der Waals surface area contributed by atoms with Gasteiger partial charge in [0.2, 0.25) is 5.91 Å². The van der Waals surface area contributed by atoms with E-state index in [1.54, 1.807) is 6.20 Å². The Morgan fingerprint density at radius 1 is 1.13 bits per heavy atom. The third-order valence-electron chi connectivity index (χ3n) is 5.92. The van der Waals surface area contributed by atoms with Crippen molar-refractivity contribution in [3.05, 3.63) is 90.9 Å². The summed E-state index contributed by atoms with van der Waals surface area (Å²) in [5, 5.41) is 3.70. The lowest BCUT2D eigenvalue weighted by atomic mass is 10.0. The van der Waals surface area contributed by atoms with Gasteiger partial charge in [-0.1, -0.05) is 24.8 Å². The van der Waals surface area contributed by atoms with Crippen LogP contribution >= 0.6 is 0 Å². The summed E-state index contributed by atoms with van der Waals surface area (Å²) in [5.74, 6) is 1.91. The molecule has 5 rings (SSSR count). The number of ether oxygens (including phenoxy) is 1. The van der Waals surface area contributed by atoms with Crippen molar-refractivity contribution in [2.45, 2.75) is 12.6 Å². The molecule has 0 radical (unpaired) electrons. The van der Waals surface area contributed by atoms with Gasteiger partial charge >= 0.3 is 0 Å². The Morgan fingerprint density at radius 2 is 1.90 bits per heavy atom. The number of nitrogens with zero attached hydrogens (tertiary/aromatic N) is 3. The maximum Gasteiger partial charge on any atom is 0.245 e. The normalized spacial score (nSPS) is 21.8. The minimum absolute atomic E-state index is 0.00124. The van der Waals surface area contributed by atoms with Crippen molar-refractivity contribution in [2.24, 2.45) is 10.9 Å². The smallest absolute Gasteiger partial charge is 0.245 e. The van der Waals surface area contributed by atoms with Crippen LogP contribution in [-0.2, 0) is 4.79 Å². The number of nitrogens with one attached hydrogen (secondary N) is 1. The van der Waals surface area contributed by atoms with Crippen LogP contribution in [0.2, 0.25) is 0 Å². The van der Waals surface area contributed by atoms with Crippen molar-refractivity contribution in [3.63, 3.8) is 0 Å². The standard InChI is InChI=1S/C25H24N4O2/c1-2-23(30)28-14-12-19(17-28)25-27-24(22-16-26-13-15-29(22)25)18-8-10-21(11-9-18)31-20-6-4-3-5-7-20/h2-11,13,15-16,19,25,27H,1,12,14,17H2. The quantitative estimate of drug-likeness (QED) is 0.755. The number of benzene rings is 2. The number of para-hydroxylation sites is 1. The molecule has 2 atom stereocenters. The summed E-state index contributed by atoms with van der Waals surface area (Å²) in [6.07, 6.45) is 8.12. The number of aliphatic imine (C=N–C) groups is 1. The molecule has 2 unspecified atom stereocenters. The zero-order valence-electron chi connectivity index (χ0n) is 17.1. The Kier molecular flexibility index (Phi) is 5.04. The van der Waals surface area contributed by atoms with Crippen LogP contribution in [0.4, 0.5) is 0 Å². The first kappa shape index (κ1) is 19.2. The average molecular weight is 412 g/mol. The van der Waals surface area contributed by atoms with Crippen LogP contribution in [-0.4, -0.2) is 41.2 Å². The van der Waals surface area contributed by atoms with Crippen LogP contribution in [0.3, 0.4) is 0 Å². The van der Waals surface area contributed by atoms with Crippen LogP contribution < -0.4 is 10.1 Å². The molecule has 6 heteroatoms. The lowest BCUT2D eigenvalue weighted by molar-refractivity contribution is -0.125. The van der Waals surface area contributed by atoms with E-state index in [-0.39, 0.29) is 12.1 Å². The molecule has 3 aliphatic heterocycles. The number of hydrogen-bond acceptors (Lipinski definition) is 5. The fourth-order valence-corrected chi connectivity index (χ4v) is 4.36. The van der Waals surface area contributed by atoms with Crippen molar-refractivity contribution in [3.8, 4) is 11.5 Å². The summed E-state index contributed by atoms with van der Waals surface area (Å²) in [4.78, 5) is 20.5. The van der Waals surface area contributed by atoms with Gasteiger partial charge in [0.25, 0.3) is 0 Å². The van der Waals surface area contributed by atoms with Gasteiger partial charge in [-0.2, -0.15) is 0 Å². The van der Waals surface area contributed by atoms with E-state index in [1.165, 1.54) is 6.08 Å². The van der Waals surface area contributed by atoms with E-state index in [2.05, 4.69) is 33.9 Å². The van der Waals surface area contributed by atoms with Crippen LogP contribution in [0.5, 0.6) is 11.5 Å². The number of fused-ring (bicyclic) bond motifs is 1. The maximum absolute atomic E-state index is 12.0. The SMILES string of the molecule is C=CC(=O)N1CCC(C2NC(c3ccc(Oc4ccccc4)cc3)=C3C=NC=CN32)C1. The first-order chi connectivity index (χ1) is 15.2. The number of rotatable bonds is 5. The van der Waals surface area contributed by atoms with Crippen LogP contribution in [0, 0.1) is 5.92 Å². The highest BCUT2D eigenvalue weighted by Gasteiger charge is 2.39. The highest BCUT2D eigenvalue weighted by Crippen LogP contribution is 2.35. The van der Waals surface area contributed by atoms with Crippen molar-refractivity contribution in [2.75, 3.05) is 13.1 Å². The molecule has 0 bridgehead atoms. The summed E-state index contributed by atoms with van der Waals surface area (Å²) in [5.41, 5.74) is 3.15. The lowest BCUT2D eigenvalue weighted by Gasteiger charge is -2.30. The summed E-state index contributed by atoms with van der Waals surface area (Å²) >= 11 is 0. The molecule has 0 spiro atoms. The maximum atomic E-state index is 12.0. The van der Waals surface area contributed by atoms with Gasteiger partial charge in [0.05, 0.1) is 17.6 Å². The van der Waals surface area contributed by atoms with E-state index < -0.39 is 0 Å². The fraction of sp³-hybridized carbons (Fsp3) is 0.200. The Hall–Kier alpha value is -3.80. The van der Waals surface area contributed by atoms with Gasteiger partial charge in [-0.3, -0.25) is 9.79 Å². The van der Waals surface area contributed by atoms with Crippen LogP contribution in [0.1, 0.15) is 12.0 Å². The second-order valence-electron chi connectivity index (χ2n) is 7.81. The van der Waals surface area contributed by atoms with Gasteiger partial charge in [-0.05, 0) is 48.9 Å². The summed E-state index contributed by atoms with van der Waals surface area (Å²) < 4.78 is 5.92. The molecule has 3 aliphatic rings. The van der Waals surface area contributed by atoms with Crippen molar-refractivity contribution < 1.29 is 9.53 Å². The molecule has 1 amide bonds. The first-order valence-corrected chi connectivity index (χ1v) is 10.5. The van der Waals surface area contributed by atoms with Gasteiger partial charge in [0.1, 0.15) is 17.7 Å². The average Bonchev–Trinajstić information content (AvgIpc) is 3.45. The molecule has 1 fully saturated rings. The molecule has 31 heavy (non-hydrogen) atoms. The largest absolute Gasteiger partial charge is 0.457 e. The Labute approximate surface area is 181 Å². The number of hydrogen-bond donors (Lipinski definition) is 1. The van der Waals surface area contributed by atoms with Crippen molar-refractivity contribution >= 4 is 17.8 Å². The number of likely N-dealkylation sites (tertiary alicyclic amines) is 1. The summed E-state index contributed by atoms with van der Waals surface area (Å²) in [6.45, 7) is 5.09. The third kappa shape index (κ3) is 3.72. The molecule has 0 aromatic heterocycles. The second kappa shape index (κ2) is 8.14. The predicted molar refractivity (Wildman–Crippen MR) is 121 cm³/mol. The Balaban J connectivity index is 1.35. The van der Waals surface area contributed by atoms with Gasteiger partial charge in [-0.25, -0.2) is 0 Å². The molecule has 2 aromatic rings. The molecule has 0 saturated carbocycles. The molecule has 6 nitrogen and oxygen atoms in total. The Morgan fingerprint density at radius 3 is 2.68 bits per heavy atom. The third-order valence-corrected chi connectivity index (χ3v) is 5.92. The first-order valence-electron chi connectivity index (χ1n) is 10.5. The lowest BCUT2D eigenvalue weighted by Crippen LogP contribution is -2.43. The number of carbonyl (C=O) groups excluding carboxylic acids is 1. The summed E-state index contributed by atoms with van der Waals surface area (Å²) in [6, 6.07) is 17.8. The zero-order valence-corrected chi connectivity index (χ0v) is 17.1. The highest BCUT2D eigenvalue weighted by molar-refractivity contribution is 5.92. The van der Waals surface area contributed by atoms with Gasteiger partial charge in [0.15, 0.2) is 0 Å². The van der Waals surface area contributed by atoms with Gasteiger partial charge in [-0.15, -0.1) is 0 Å². The molecular formula is C25H24N4O2.